The average molecular weight is 289 g/mol. The van der Waals surface area contributed by atoms with Crippen molar-refractivity contribution in [3.63, 3.8) is 0 Å². The van der Waals surface area contributed by atoms with Gasteiger partial charge in [-0.2, -0.15) is 0 Å². The number of carboxylic acids is 1. The first-order valence-corrected chi connectivity index (χ1v) is 5.87. The summed E-state index contributed by atoms with van der Waals surface area (Å²) in [6, 6.07) is 1.74. The Morgan fingerprint density at radius 1 is 1.56 bits per heavy atom. The molecule has 0 aliphatic rings. The molecular formula is C12H14BrFO2. The minimum atomic E-state index is -0.910. The fourth-order valence-electron chi connectivity index (χ4n) is 1.76. The number of benzene rings is 1. The molecule has 1 N–H and O–H groups in total. The van der Waals surface area contributed by atoms with Crippen molar-refractivity contribution in [1.82, 2.24) is 0 Å². The van der Waals surface area contributed by atoms with Crippen LogP contribution in [0.5, 0.6) is 0 Å². The van der Waals surface area contributed by atoms with Gasteiger partial charge in [-0.25, -0.2) is 4.39 Å². The zero-order chi connectivity index (χ0) is 12.5. The maximum absolute atomic E-state index is 13.8. The minimum absolute atomic E-state index is 0.366. The molecule has 1 atom stereocenters. The quantitative estimate of drug-likeness (QED) is 0.919. The SMILES string of the molecule is CCC(C(=O)O)c1cc(C)c(Br)c(F)c1C. The Balaban J connectivity index is 3.39. The number of carboxylic acid groups (broad SMARTS) is 1. The molecule has 16 heavy (non-hydrogen) atoms. The van der Waals surface area contributed by atoms with Crippen LogP contribution in [0.4, 0.5) is 4.39 Å². The Hall–Kier alpha value is -0.900. The summed E-state index contributed by atoms with van der Waals surface area (Å²) < 4.78 is 14.2. The van der Waals surface area contributed by atoms with E-state index in [1.807, 2.05) is 0 Å². The molecule has 0 fully saturated rings. The van der Waals surface area contributed by atoms with Crippen LogP contribution in [-0.2, 0) is 4.79 Å². The van der Waals surface area contributed by atoms with E-state index in [1.165, 1.54) is 0 Å². The van der Waals surface area contributed by atoms with Crippen LogP contribution in [0.15, 0.2) is 10.5 Å². The van der Waals surface area contributed by atoms with Crippen LogP contribution < -0.4 is 0 Å². The third kappa shape index (κ3) is 2.26. The molecule has 0 aromatic heterocycles. The second kappa shape index (κ2) is 4.95. The highest BCUT2D eigenvalue weighted by Crippen LogP contribution is 2.31. The van der Waals surface area contributed by atoms with Crippen LogP contribution in [0.3, 0.4) is 0 Å². The lowest BCUT2D eigenvalue weighted by Gasteiger charge is -2.16. The zero-order valence-corrected chi connectivity index (χ0v) is 11.1. The fourth-order valence-corrected chi connectivity index (χ4v) is 2.17. The van der Waals surface area contributed by atoms with Crippen molar-refractivity contribution in [2.24, 2.45) is 0 Å². The molecule has 0 aliphatic carbocycles. The van der Waals surface area contributed by atoms with Crippen molar-refractivity contribution in [3.8, 4) is 0 Å². The molecule has 0 heterocycles. The lowest BCUT2D eigenvalue weighted by atomic mass is 9.91. The summed E-state index contributed by atoms with van der Waals surface area (Å²) in [5, 5.41) is 9.07. The summed E-state index contributed by atoms with van der Waals surface area (Å²) in [6.45, 7) is 5.15. The summed E-state index contributed by atoms with van der Waals surface area (Å²) >= 11 is 3.15. The number of carbonyl (C=O) groups is 1. The Kier molecular flexibility index (Phi) is 4.08. The van der Waals surface area contributed by atoms with Crippen LogP contribution in [0, 0.1) is 19.7 Å². The van der Waals surface area contributed by atoms with Crippen molar-refractivity contribution in [2.45, 2.75) is 33.1 Å². The molecule has 0 saturated carbocycles. The first-order chi connectivity index (χ1) is 7.40. The van der Waals surface area contributed by atoms with Crippen LogP contribution >= 0.6 is 15.9 Å². The summed E-state index contributed by atoms with van der Waals surface area (Å²) in [5.41, 5.74) is 1.69. The van der Waals surface area contributed by atoms with Gasteiger partial charge in [-0.05, 0) is 52.9 Å². The van der Waals surface area contributed by atoms with Crippen LogP contribution in [-0.4, -0.2) is 11.1 Å². The Morgan fingerprint density at radius 3 is 2.56 bits per heavy atom. The van der Waals surface area contributed by atoms with E-state index >= 15 is 0 Å². The van der Waals surface area contributed by atoms with E-state index in [4.69, 9.17) is 5.11 Å². The lowest BCUT2D eigenvalue weighted by molar-refractivity contribution is -0.138. The summed E-state index contributed by atoms with van der Waals surface area (Å²) in [4.78, 5) is 11.1. The molecule has 0 aliphatic heterocycles. The number of hydrogen-bond acceptors (Lipinski definition) is 1. The van der Waals surface area contributed by atoms with Crippen LogP contribution in [0.2, 0.25) is 0 Å². The van der Waals surface area contributed by atoms with Crippen molar-refractivity contribution < 1.29 is 14.3 Å². The van der Waals surface area contributed by atoms with Gasteiger partial charge in [-0.1, -0.05) is 13.0 Å². The average Bonchev–Trinajstić information content (AvgIpc) is 2.23. The van der Waals surface area contributed by atoms with Crippen molar-refractivity contribution in [2.75, 3.05) is 0 Å². The second-order valence-electron chi connectivity index (χ2n) is 3.83. The highest BCUT2D eigenvalue weighted by Gasteiger charge is 2.22. The van der Waals surface area contributed by atoms with Crippen LogP contribution in [0.25, 0.3) is 0 Å². The van der Waals surface area contributed by atoms with Crippen molar-refractivity contribution >= 4 is 21.9 Å². The van der Waals surface area contributed by atoms with E-state index in [0.29, 0.717) is 22.0 Å². The topological polar surface area (TPSA) is 37.3 Å². The molecule has 0 radical (unpaired) electrons. The smallest absolute Gasteiger partial charge is 0.310 e. The molecule has 88 valence electrons. The van der Waals surface area contributed by atoms with Gasteiger partial charge in [0.15, 0.2) is 0 Å². The maximum Gasteiger partial charge on any atom is 0.310 e. The first kappa shape index (κ1) is 13.2. The van der Waals surface area contributed by atoms with Crippen molar-refractivity contribution in [3.05, 3.63) is 33.0 Å². The molecular weight excluding hydrogens is 275 g/mol. The van der Waals surface area contributed by atoms with Gasteiger partial charge in [0, 0.05) is 0 Å². The molecule has 4 heteroatoms. The van der Waals surface area contributed by atoms with Gasteiger partial charge in [0.2, 0.25) is 0 Å². The molecule has 2 nitrogen and oxygen atoms in total. The predicted molar refractivity (Wildman–Crippen MR) is 64.2 cm³/mol. The van der Waals surface area contributed by atoms with E-state index in [-0.39, 0.29) is 5.82 Å². The monoisotopic (exact) mass is 288 g/mol. The van der Waals surface area contributed by atoms with Crippen molar-refractivity contribution in [1.29, 1.82) is 0 Å². The predicted octanol–water partition coefficient (Wildman–Crippen LogP) is 3.78. The van der Waals surface area contributed by atoms with Crippen LogP contribution in [0.1, 0.15) is 36.0 Å². The molecule has 1 aromatic rings. The lowest BCUT2D eigenvalue weighted by Crippen LogP contribution is -2.13. The molecule has 0 bridgehead atoms. The number of aliphatic carboxylic acids is 1. The highest BCUT2D eigenvalue weighted by atomic mass is 79.9. The summed E-state index contributed by atoms with van der Waals surface area (Å²) in [7, 11) is 0. The zero-order valence-electron chi connectivity index (χ0n) is 9.47. The molecule has 1 rings (SSSR count). The van der Waals surface area contributed by atoms with Gasteiger partial charge in [0.1, 0.15) is 5.82 Å². The first-order valence-electron chi connectivity index (χ1n) is 5.08. The van der Waals surface area contributed by atoms with E-state index in [1.54, 1.807) is 26.8 Å². The van der Waals surface area contributed by atoms with Gasteiger partial charge >= 0.3 is 5.97 Å². The molecule has 1 aromatic carbocycles. The number of aryl methyl sites for hydroxylation is 1. The molecule has 0 amide bonds. The number of rotatable bonds is 3. The van der Waals surface area contributed by atoms with Gasteiger partial charge in [-0.15, -0.1) is 0 Å². The second-order valence-corrected chi connectivity index (χ2v) is 4.63. The summed E-state index contributed by atoms with van der Waals surface area (Å²) in [5.74, 6) is -1.91. The van der Waals surface area contributed by atoms with Gasteiger partial charge in [0.05, 0.1) is 10.4 Å². The number of halogens is 2. The standard InChI is InChI=1S/C12H14BrFO2/c1-4-8(12(15)16)9-5-6(2)10(13)11(14)7(9)3/h5,8H,4H2,1-3H3,(H,15,16). The maximum atomic E-state index is 13.8. The molecule has 0 spiro atoms. The third-order valence-electron chi connectivity index (χ3n) is 2.75. The highest BCUT2D eigenvalue weighted by molar-refractivity contribution is 9.10. The Labute approximate surface area is 103 Å². The Bertz CT molecular complexity index is 430. The van der Waals surface area contributed by atoms with E-state index in [2.05, 4.69) is 15.9 Å². The van der Waals surface area contributed by atoms with E-state index < -0.39 is 11.9 Å². The summed E-state index contributed by atoms with van der Waals surface area (Å²) in [6.07, 6.45) is 0.455. The minimum Gasteiger partial charge on any atom is -0.481 e. The van der Waals surface area contributed by atoms with Gasteiger partial charge < -0.3 is 5.11 Å². The third-order valence-corrected chi connectivity index (χ3v) is 3.73. The molecule has 0 saturated heterocycles. The van der Waals surface area contributed by atoms with E-state index in [0.717, 1.165) is 5.56 Å². The van der Waals surface area contributed by atoms with Gasteiger partial charge in [-0.3, -0.25) is 4.79 Å². The van der Waals surface area contributed by atoms with E-state index in [9.17, 15) is 9.18 Å². The Morgan fingerprint density at radius 2 is 2.12 bits per heavy atom. The normalized spacial score (nSPS) is 12.6. The number of hydrogen-bond donors (Lipinski definition) is 1. The molecule has 1 unspecified atom stereocenters. The fraction of sp³-hybridized carbons (Fsp3) is 0.417. The largest absolute Gasteiger partial charge is 0.481 e. The van der Waals surface area contributed by atoms with Gasteiger partial charge in [0.25, 0.3) is 0 Å².